The first-order valence-corrected chi connectivity index (χ1v) is 7.72. The molecule has 1 rings (SSSR count). The van der Waals surface area contributed by atoms with Gasteiger partial charge in [-0.05, 0) is 50.4 Å². The number of ether oxygens (including phenoxy) is 1. The molecule has 0 saturated carbocycles. The number of hydrogen-bond donors (Lipinski definition) is 2. The van der Waals surface area contributed by atoms with Gasteiger partial charge in [0, 0.05) is 6.54 Å². The summed E-state index contributed by atoms with van der Waals surface area (Å²) in [4.78, 5) is 0. The lowest BCUT2D eigenvalue weighted by Crippen LogP contribution is -2.43. The minimum atomic E-state index is -0.837. The molecule has 3 nitrogen and oxygen atoms in total. The van der Waals surface area contributed by atoms with Crippen LogP contribution in [0.15, 0.2) is 24.3 Å². The van der Waals surface area contributed by atoms with Gasteiger partial charge in [0.2, 0.25) is 0 Å². The minimum Gasteiger partial charge on any atom is -0.491 e. The summed E-state index contributed by atoms with van der Waals surface area (Å²) in [7, 11) is 0. The molecular formula is C17H29NO2. The zero-order valence-electron chi connectivity index (χ0n) is 13.1. The fraction of sp³-hybridized carbons (Fsp3) is 0.647. The van der Waals surface area contributed by atoms with Crippen LogP contribution in [0.5, 0.6) is 5.75 Å². The van der Waals surface area contributed by atoms with Crippen molar-refractivity contribution < 1.29 is 9.84 Å². The van der Waals surface area contributed by atoms with E-state index in [4.69, 9.17) is 4.74 Å². The van der Waals surface area contributed by atoms with Gasteiger partial charge in [-0.3, -0.25) is 0 Å². The number of unbranched alkanes of at least 4 members (excludes halogenated alkanes) is 1. The van der Waals surface area contributed by atoms with Crippen LogP contribution in [0.1, 0.15) is 45.6 Å². The van der Waals surface area contributed by atoms with Gasteiger partial charge in [-0.25, -0.2) is 0 Å². The summed E-state index contributed by atoms with van der Waals surface area (Å²) in [6, 6.07) is 8.19. The Bertz CT molecular complexity index is 360. The Labute approximate surface area is 123 Å². The molecule has 0 heterocycles. The third kappa shape index (κ3) is 6.92. The maximum atomic E-state index is 10.2. The predicted octanol–water partition coefficient (Wildman–Crippen LogP) is 3.16. The van der Waals surface area contributed by atoms with Crippen molar-refractivity contribution in [3.05, 3.63) is 29.8 Å². The number of rotatable bonds is 10. The molecule has 0 spiro atoms. The first-order chi connectivity index (χ1) is 9.57. The van der Waals surface area contributed by atoms with Crippen molar-refractivity contribution in [2.45, 2.75) is 52.1 Å². The predicted molar refractivity (Wildman–Crippen MR) is 84.3 cm³/mol. The smallest absolute Gasteiger partial charge is 0.119 e. The Morgan fingerprint density at radius 3 is 2.45 bits per heavy atom. The van der Waals surface area contributed by atoms with Gasteiger partial charge in [0.05, 0.1) is 0 Å². The van der Waals surface area contributed by atoms with Crippen LogP contribution in [0, 0.1) is 0 Å². The van der Waals surface area contributed by atoms with Crippen LogP contribution in [0.4, 0.5) is 0 Å². The summed E-state index contributed by atoms with van der Waals surface area (Å²) < 4.78 is 5.67. The van der Waals surface area contributed by atoms with Gasteiger partial charge in [0.1, 0.15) is 18.0 Å². The normalized spacial score (nSPS) is 14.0. The molecule has 3 heteroatoms. The van der Waals surface area contributed by atoms with Crippen molar-refractivity contribution in [1.82, 2.24) is 5.32 Å². The molecule has 20 heavy (non-hydrogen) atoms. The summed E-state index contributed by atoms with van der Waals surface area (Å²) in [6.45, 7) is 7.88. The van der Waals surface area contributed by atoms with Crippen LogP contribution in [0.2, 0.25) is 0 Å². The van der Waals surface area contributed by atoms with Gasteiger partial charge in [0.25, 0.3) is 0 Å². The highest BCUT2D eigenvalue weighted by atomic mass is 16.5. The average molecular weight is 279 g/mol. The lowest BCUT2D eigenvalue weighted by Gasteiger charge is -2.24. The van der Waals surface area contributed by atoms with Crippen LogP contribution < -0.4 is 10.1 Å². The van der Waals surface area contributed by atoms with E-state index in [1.807, 2.05) is 12.1 Å². The van der Waals surface area contributed by atoms with Crippen LogP contribution in [0.25, 0.3) is 0 Å². The van der Waals surface area contributed by atoms with Crippen LogP contribution in [-0.4, -0.2) is 30.4 Å². The third-order valence-corrected chi connectivity index (χ3v) is 3.22. The maximum Gasteiger partial charge on any atom is 0.119 e. The SMILES string of the molecule is CCCCc1ccc(OCC(C)(O)CNCCC)cc1. The molecule has 0 radical (unpaired) electrons. The lowest BCUT2D eigenvalue weighted by molar-refractivity contribution is 0.0125. The molecular weight excluding hydrogens is 250 g/mol. The van der Waals surface area contributed by atoms with Crippen LogP contribution in [-0.2, 0) is 6.42 Å². The Morgan fingerprint density at radius 1 is 1.15 bits per heavy atom. The van der Waals surface area contributed by atoms with E-state index >= 15 is 0 Å². The number of aryl methyl sites for hydroxylation is 1. The van der Waals surface area contributed by atoms with Gasteiger partial charge in [-0.2, -0.15) is 0 Å². The fourth-order valence-corrected chi connectivity index (χ4v) is 1.96. The molecule has 1 aromatic rings. The Hall–Kier alpha value is -1.06. The van der Waals surface area contributed by atoms with Crippen molar-refractivity contribution >= 4 is 0 Å². The topological polar surface area (TPSA) is 41.5 Å². The third-order valence-electron chi connectivity index (χ3n) is 3.22. The van der Waals surface area contributed by atoms with Crippen molar-refractivity contribution in [2.24, 2.45) is 0 Å². The highest BCUT2D eigenvalue weighted by Crippen LogP contribution is 2.15. The van der Waals surface area contributed by atoms with Gasteiger partial charge < -0.3 is 15.2 Å². The number of hydrogen-bond acceptors (Lipinski definition) is 3. The van der Waals surface area contributed by atoms with Crippen molar-refractivity contribution in [3.8, 4) is 5.75 Å². The van der Waals surface area contributed by atoms with Crippen LogP contribution >= 0.6 is 0 Å². The van der Waals surface area contributed by atoms with E-state index in [-0.39, 0.29) is 0 Å². The maximum absolute atomic E-state index is 10.2. The van der Waals surface area contributed by atoms with Gasteiger partial charge >= 0.3 is 0 Å². The van der Waals surface area contributed by atoms with E-state index in [9.17, 15) is 5.11 Å². The zero-order valence-corrected chi connectivity index (χ0v) is 13.1. The molecule has 0 aliphatic carbocycles. The monoisotopic (exact) mass is 279 g/mol. The van der Waals surface area contributed by atoms with E-state index < -0.39 is 5.60 Å². The first kappa shape index (κ1) is 17.0. The van der Waals surface area contributed by atoms with E-state index in [1.165, 1.54) is 18.4 Å². The van der Waals surface area contributed by atoms with Gasteiger partial charge in [0.15, 0.2) is 0 Å². The molecule has 0 fully saturated rings. The van der Waals surface area contributed by atoms with Crippen molar-refractivity contribution in [3.63, 3.8) is 0 Å². The van der Waals surface area contributed by atoms with E-state index in [1.54, 1.807) is 6.92 Å². The van der Waals surface area contributed by atoms with Gasteiger partial charge in [-0.1, -0.05) is 32.4 Å². The fourth-order valence-electron chi connectivity index (χ4n) is 1.96. The number of benzene rings is 1. The number of aliphatic hydroxyl groups is 1. The Kier molecular flexibility index (Phi) is 7.63. The molecule has 0 aliphatic heterocycles. The summed E-state index contributed by atoms with van der Waals surface area (Å²) in [5.41, 5.74) is 0.506. The summed E-state index contributed by atoms with van der Waals surface area (Å²) >= 11 is 0. The van der Waals surface area contributed by atoms with E-state index in [0.717, 1.165) is 25.1 Å². The molecule has 0 aliphatic rings. The molecule has 0 bridgehead atoms. The van der Waals surface area contributed by atoms with Gasteiger partial charge in [-0.15, -0.1) is 0 Å². The highest BCUT2D eigenvalue weighted by Gasteiger charge is 2.20. The largest absolute Gasteiger partial charge is 0.491 e. The molecule has 0 amide bonds. The minimum absolute atomic E-state index is 0.304. The zero-order chi connectivity index (χ0) is 14.8. The Balaban J connectivity index is 2.36. The Morgan fingerprint density at radius 2 is 1.85 bits per heavy atom. The molecule has 1 atom stereocenters. The summed E-state index contributed by atoms with van der Waals surface area (Å²) in [5, 5.41) is 13.4. The van der Waals surface area contributed by atoms with Crippen molar-refractivity contribution in [1.29, 1.82) is 0 Å². The second kappa shape index (κ2) is 8.98. The first-order valence-electron chi connectivity index (χ1n) is 7.72. The standard InChI is InChI=1S/C17H29NO2/c1-4-6-7-15-8-10-16(11-9-15)20-14-17(3,19)13-18-12-5-2/h8-11,18-19H,4-7,12-14H2,1-3H3. The second-order valence-electron chi connectivity index (χ2n) is 5.71. The highest BCUT2D eigenvalue weighted by molar-refractivity contribution is 5.27. The lowest BCUT2D eigenvalue weighted by atomic mass is 10.1. The molecule has 114 valence electrons. The summed E-state index contributed by atoms with van der Waals surface area (Å²) in [6.07, 6.45) is 4.62. The molecule has 1 unspecified atom stereocenters. The van der Waals surface area contributed by atoms with E-state index in [0.29, 0.717) is 13.2 Å². The quantitative estimate of drug-likeness (QED) is 0.646. The average Bonchev–Trinajstić information content (AvgIpc) is 2.44. The molecule has 0 aromatic heterocycles. The van der Waals surface area contributed by atoms with E-state index in [2.05, 4.69) is 31.3 Å². The molecule has 2 N–H and O–H groups in total. The van der Waals surface area contributed by atoms with Crippen molar-refractivity contribution in [2.75, 3.05) is 19.7 Å². The van der Waals surface area contributed by atoms with Crippen LogP contribution in [0.3, 0.4) is 0 Å². The molecule has 0 saturated heterocycles. The summed E-state index contributed by atoms with van der Waals surface area (Å²) in [5.74, 6) is 0.820. The second-order valence-corrected chi connectivity index (χ2v) is 5.71. The number of nitrogens with one attached hydrogen (secondary N) is 1. The molecule has 1 aromatic carbocycles.